The summed E-state index contributed by atoms with van der Waals surface area (Å²) in [6, 6.07) is 20.4. The molecule has 0 amide bonds. The van der Waals surface area contributed by atoms with Crippen LogP contribution in [0, 0.1) is 32.6 Å². The van der Waals surface area contributed by atoms with Crippen molar-refractivity contribution in [3.63, 3.8) is 0 Å². The van der Waals surface area contributed by atoms with Crippen LogP contribution < -0.4 is 9.64 Å². The Balaban J connectivity index is 0.00000259. The van der Waals surface area contributed by atoms with E-state index in [2.05, 4.69) is 52.1 Å². The summed E-state index contributed by atoms with van der Waals surface area (Å²) in [4.78, 5) is 13.4. The molecule has 1 aliphatic heterocycles. The zero-order valence-electron chi connectivity index (χ0n) is 19.2. The SMILES string of the molecule is CC1=C(C)N(c2[c-]c(Oc3[c-]c(-c4ccccn4)n4c(C)c(C)nc4c3)ccc2)[CH-]N1C.[Pt]. The van der Waals surface area contributed by atoms with E-state index in [1.165, 1.54) is 5.70 Å². The van der Waals surface area contributed by atoms with Crippen molar-refractivity contribution >= 4 is 11.3 Å². The molecule has 4 aromatic rings. The molecule has 0 unspecified atom stereocenters. The van der Waals surface area contributed by atoms with Gasteiger partial charge < -0.3 is 23.9 Å². The fraction of sp³-hybridized carbons (Fsp3) is 0.192. The zero-order valence-corrected chi connectivity index (χ0v) is 21.4. The number of ether oxygens (including phenoxy) is 1. The van der Waals surface area contributed by atoms with Gasteiger partial charge in [-0.05, 0) is 57.9 Å². The number of allylic oxidation sites excluding steroid dienone is 2. The fourth-order valence-corrected chi connectivity index (χ4v) is 3.85. The zero-order chi connectivity index (χ0) is 22.4. The number of hydrogen-bond donors (Lipinski definition) is 0. The molecule has 5 rings (SSSR count). The Morgan fingerprint density at radius 1 is 0.939 bits per heavy atom. The molecule has 7 heteroatoms. The van der Waals surface area contributed by atoms with Crippen LogP contribution >= 0.6 is 0 Å². The molecule has 0 aliphatic carbocycles. The van der Waals surface area contributed by atoms with Crippen LogP contribution in [0.2, 0.25) is 0 Å². The molecule has 33 heavy (non-hydrogen) atoms. The first-order chi connectivity index (χ1) is 15.4. The van der Waals surface area contributed by atoms with Crippen LogP contribution in [0.15, 0.2) is 60.1 Å². The van der Waals surface area contributed by atoms with E-state index in [4.69, 9.17) is 9.72 Å². The maximum Gasteiger partial charge on any atom is 0.0834 e. The van der Waals surface area contributed by atoms with E-state index < -0.39 is 0 Å². The Hall–Kier alpha value is -3.11. The van der Waals surface area contributed by atoms with Gasteiger partial charge >= 0.3 is 0 Å². The van der Waals surface area contributed by atoms with Crippen LogP contribution in [0.5, 0.6) is 11.5 Å². The topological polar surface area (TPSA) is 45.9 Å². The summed E-state index contributed by atoms with van der Waals surface area (Å²) in [5.74, 6) is 1.19. The molecule has 1 aliphatic rings. The number of benzene rings is 1. The van der Waals surface area contributed by atoms with Crippen molar-refractivity contribution in [2.75, 3.05) is 11.9 Å². The third kappa shape index (κ3) is 4.16. The van der Waals surface area contributed by atoms with Crippen molar-refractivity contribution < 1.29 is 25.8 Å². The van der Waals surface area contributed by atoms with Gasteiger partial charge in [-0.2, -0.15) is 12.7 Å². The summed E-state index contributed by atoms with van der Waals surface area (Å²) in [7, 11) is 2.04. The van der Waals surface area contributed by atoms with Gasteiger partial charge in [0, 0.05) is 50.2 Å². The predicted octanol–water partition coefficient (Wildman–Crippen LogP) is 5.53. The molecule has 0 bridgehead atoms. The molecule has 1 aromatic carbocycles. The fourth-order valence-electron chi connectivity index (χ4n) is 3.85. The average molecular weight is 618 g/mol. The maximum atomic E-state index is 6.22. The first-order valence-corrected chi connectivity index (χ1v) is 10.5. The van der Waals surface area contributed by atoms with E-state index in [9.17, 15) is 0 Å². The minimum Gasteiger partial charge on any atom is -0.509 e. The molecule has 4 heterocycles. The molecule has 6 nitrogen and oxygen atoms in total. The number of rotatable bonds is 4. The second-order valence-electron chi connectivity index (χ2n) is 7.94. The number of imidazole rings is 1. The van der Waals surface area contributed by atoms with Crippen molar-refractivity contribution in [3.8, 4) is 22.9 Å². The minimum absolute atomic E-state index is 0. The Bertz CT molecular complexity index is 1350. The Morgan fingerprint density at radius 2 is 1.76 bits per heavy atom. The number of aromatic nitrogens is 3. The van der Waals surface area contributed by atoms with Crippen molar-refractivity contribution in [1.29, 1.82) is 0 Å². The van der Waals surface area contributed by atoms with Gasteiger partial charge in [-0.25, -0.2) is 4.98 Å². The van der Waals surface area contributed by atoms with Crippen LogP contribution in [0.3, 0.4) is 0 Å². The third-order valence-electron chi connectivity index (χ3n) is 5.94. The van der Waals surface area contributed by atoms with Gasteiger partial charge in [-0.15, -0.1) is 30.0 Å². The second-order valence-corrected chi connectivity index (χ2v) is 7.94. The predicted molar refractivity (Wildman–Crippen MR) is 125 cm³/mol. The van der Waals surface area contributed by atoms with E-state index >= 15 is 0 Å². The van der Waals surface area contributed by atoms with Gasteiger partial charge in [0.1, 0.15) is 0 Å². The Morgan fingerprint density at radius 3 is 2.45 bits per heavy atom. The molecule has 0 saturated heterocycles. The first kappa shape index (κ1) is 23.1. The van der Waals surface area contributed by atoms with E-state index in [0.29, 0.717) is 11.5 Å². The molecular weight excluding hydrogens is 593 g/mol. The van der Waals surface area contributed by atoms with E-state index in [0.717, 1.165) is 39.8 Å². The Kier molecular flexibility index (Phi) is 6.31. The van der Waals surface area contributed by atoms with Gasteiger partial charge in [0.15, 0.2) is 0 Å². The molecule has 0 N–H and O–H groups in total. The summed E-state index contributed by atoms with van der Waals surface area (Å²) < 4.78 is 8.29. The number of pyridine rings is 2. The average Bonchev–Trinajstić information content (AvgIpc) is 3.23. The summed E-state index contributed by atoms with van der Waals surface area (Å²) in [5.41, 5.74) is 7.74. The van der Waals surface area contributed by atoms with Crippen LogP contribution in [0.1, 0.15) is 25.2 Å². The molecular formula is C26H24N5OPt-3. The van der Waals surface area contributed by atoms with Crippen molar-refractivity contribution in [3.05, 3.63) is 90.2 Å². The van der Waals surface area contributed by atoms with Gasteiger partial charge in [-0.3, -0.25) is 0 Å². The largest absolute Gasteiger partial charge is 0.509 e. The summed E-state index contributed by atoms with van der Waals surface area (Å²) >= 11 is 0. The van der Waals surface area contributed by atoms with Crippen molar-refractivity contribution in [2.24, 2.45) is 0 Å². The summed E-state index contributed by atoms with van der Waals surface area (Å²) in [6.07, 6.45) is 1.78. The molecule has 0 radical (unpaired) electrons. The van der Waals surface area contributed by atoms with Gasteiger partial charge in [0.25, 0.3) is 0 Å². The third-order valence-corrected chi connectivity index (χ3v) is 5.94. The van der Waals surface area contributed by atoms with Crippen LogP contribution in [0.25, 0.3) is 17.0 Å². The standard InChI is InChI=1S/C26H24N5O.Pt/c1-17-18(2)31-25(24-11-6-7-12-27-24)14-23(15-26(31)28-17)32-22-10-8-9-21(13-22)30-16-29(5)19(3)20(30)4;/h6-12,15-16H,1-5H3;/q-3;. The number of anilines is 1. The summed E-state index contributed by atoms with van der Waals surface area (Å²) in [5, 5.41) is 0. The normalized spacial score (nSPS) is 13.6. The first-order valence-electron chi connectivity index (χ1n) is 10.5. The molecule has 0 saturated carbocycles. The second kappa shape index (κ2) is 9.03. The van der Waals surface area contributed by atoms with E-state index in [1.54, 1.807) is 6.20 Å². The quantitative estimate of drug-likeness (QED) is 0.282. The van der Waals surface area contributed by atoms with Crippen molar-refractivity contribution in [2.45, 2.75) is 27.7 Å². The van der Waals surface area contributed by atoms with Gasteiger partial charge in [0.05, 0.1) is 11.3 Å². The molecule has 172 valence electrons. The smallest absolute Gasteiger partial charge is 0.0834 e. The summed E-state index contributed by atoms with van der Waals surface area (Å²) in [6.45, 7) is 10.3. The number of hydrogen-bond acceptors (Lipinski definition) is 5. The van der Waals surface area contributed by atoms with E-state index in [1.807, 2.05) is 63.1 Å². The monoisotopic (exact) mass is 617 g/mol. The molecule has 0 spiro atoms. The van der Waals surface area contributed by atoms with Crippen LogP contribution in [-0.2, 0) is 21.1 Å². The number of aryl methyl sites for hydroxylation is 2. The van der Waals surface area contributed by atoms with Gasteiger partial charge in [0.2, 0.25) is 0 Å². The van der Waals surface area contributed by atoms with Crippen molar-refractivity contribution in [1.82, 2.24) is 19.3 Å². The maximum absolute atomic E-state index is 6.22. The van der Waals surface area contributed by atoms with Gasteiger partial charge in [-0.1, -0.05) is 18.2 Å². The van der Waals surface area contributed by atoms with Crippen LogP contribution in [-0.4, -0.2) is 26.3 Å². The number of nitrogens with zero attached hydrogens (tertiary/aromatic N) is 5. The molecule has 3 aromatic heterocycles. The van der Waals surface area contributed by atoms with E-state index in [-0.39, 0.29) is 21.1 Å². The van der Waals surface area contributed by atoms with Crippen LogP contribution in [0.4, 0.5) is 5.69 Å². The Labute approximate surface area is 208 Å². The minimum atomic E-state index is 0. The molecule has 0 atom stereocenters. The molecule has 0 fully saturated rings. The number of fused-ring (bicyclic) bond motifs is 1.